The summed E-state index contributed by atoms with van der Waals surface area (Å²) in [5.41, 5.74) is -0.341. The van der Waals surface area contributed by atoms with E-state index in [0.29, 0.717) is 18.9 Å². The summed E-state index contributed by atoms with van der Waals surface area (Å²) in [7, 11) is 3.39. The maximum absolute atomic E-state index is 11.5. The Hall–Kier alpha value is -1.43. The van der Waals surface area contributed by atoms with Crippen LogP contribution in [-0.2, 0) is 22.9 Å². The van der Waals surface area contributed by atoms with Crippen molar-refractivity contribution in [1.29, 1.82) is 0 Å². The van der Waals surface area contributed by atoms with Crippen molar-refractivity contribution in [2.45, 2.75) is 32.8 Å². The maximum Gasteiger partial charge on any atom is 0.378 e. The van der Waals surface area contributed by atoms with E-state index in [-0.39, 0.29) is 11.4 Å². The molecule has 0 N–H and O–H groups in total. The van der Waals surface area contributed by atoms with Gasteiger partial charge in [-0.2, -0.15) is 0 Å². The van der Waals surface area contributed by atoms with Crippen molar-refractivity contribution < 1.29 is 14.3 Å². The Morgan fingerprint density at radius 2 is 2.12 bits per heavy atom. The zero-order valence-electron chi connectivity index (χ0n) is 11.0. The number of carbonyl (C=O) groups excluding carboxylic acids is 1. The SMILES string of the molecule is CCOC(=O)c1nc(CC(C)(C)OC)n(C)n1. The Bertz CT molecular complexity index is 399. The Labute approximate surface area is 101 Å². The van der Waals surface area contributed by atoms with E-state index < -0.39 is 5.97 Å². The van der Waals surface area contributed by atoms with Crippen LogP contribution in [0.1, 0.15) is 37.2 Å². The second-order valence-corrected chi connectivity index (χ2v) is 4.34. The van der Waals surface area contributed by atoms with Gasteiger partial charge in [-0.05, 0) is 20.8 Å². The molecule has 0 radical (unpaired) electrons. The zero-order valence-corrected chi connectivity index (χ0v) is 11.0. The Balaban J connectivity index is 2.85. The molecule has 0 aromatic carbocycles. The molecule has 0 amide bonds. The number of esters is 1. The number of aryl methyl sites for hydroxylation is 1. The topological polar surface area (TPSA) is 66.2 Å². The molecule has 0 saturated carbocycles. The van der Waals surface area contributed by atoms with Crippen molar-refractivity contribution in [3.8, 4) is 0 Å². The van der Waals surface area contributed by atoms with Crippen LogP contribution in [-0.4, -0.2) is 40.1 Å². The highest BCUT2D eigenvalue weighted by molar-refractivity contribution is 5.84. The first-order chi connectivity index (χ1) is 7.89. The van der Waals surface area contributed by atoms with Gasteiger partial charge in [0.1, 0.15) is 5.82 Å². The van der Waals surface area contributed by atoms with E-state index in [1.165, 1.54) is 0 Å². The van der Waals surface area contributed by atoms with E-state index in [4.69, 9.17) is 9.47 Å². The molecule has 1 rings (SSSR count). The van der Waals surface area contributed by atoms with Crippen LogP contribution in [0, 0.1) is 0 Å². The molecule has 0 unspecified atom stereocenters. The molecular formula is C11H19N3O3. The third kappa shape index (κ3) is 3.52. The summed E-state index contributed by atoms with van der Waals surface area (Å²) in [5.74, 6) is 0.292. The van der Waals surface area contributed by atoms with Gasteiger partial charge < -0.3 is 9.47 Å². The summed E-state index contributed by atoms with van der Waals surface area (Å²) < 4.78 is 11.7. The summed E-state index contributed by atoms with van der Waals surface area (Å²) in [6.07, 6.45) is 0.576. The number of nitrogens with zero attached hydrogens (tertiary/aromatic N) is 3. The molecule has 1 aromatic rings. The van der Waals surface area contributed by atoms with Gasteiger partial charge in [-0.15, -0.1) is 5.10 Å². The van der Waals surface area contributed by atoms with Crippen molar-refractivity contribution in [3.63, 3.8) is 0 Å². The van der Waals surface area contributed by atoms with Gasteiger partial charge in [0.05, 0.1) is 12.2 Å². The smallest absolute Gasteiger partial charge is 0.378 e. The second kappa shape index (κ2) is 5.27. The van der Waals surface area contributed by atoms with Crippen molar-refractivity contribution in [1.82, 2.24) is 14.8 Å². The number of aromatic nitrogens is 3. The molecule has 0 saturated heterocycles. The van der Waals surface area contributed by atoms with E-state index in [1.54, 1.807) is 25.8 Å². The minimum Gasteiger partial charge on any atom is -0.460 e. The lowest BCUT2D eigenvalue weighted by molar-refractivity contribution is 0.0208. The van der Waals surface area contributed by atoms with Crippen LogP contribution in [0.25, 0.3) is 0 Å². The normalized spacial score (nSPS) is 11.6. The van der Waals surface area contributed by atoms with Gasteiger partial charge in [0, 0.05) is 20.6 Å². The standard InChI is InChI=1S/C11H19N3O3/c1-6-17-10(15)9-12-8(14(4)13-9)7-11(2,3)16-5/h6-7H2,1-5H3. The molecule has 17 heavy (non-hydrogen) atoms. The van der Waals surface area contributed by atoms with E-state index in [9.17, 15) is 4.79 Å². The fourth-order valence-corrected chi connectivity index (χ4v) is 1.31. The molecule has 6 heteroatoms. The fourth-order valence-electron chi connectivity index (χ4n) is 1.31. The summed E-state index contributed by atoms with van der Waals surface area (Å²) >= 11 is 0. The third-order valence-corrected chi connectivity index (χ3v) is 2.45. The minimum atomic E-state index is -0.496. The number of hydrogen-bond donors (Lipinski definition) is 0. The number of hydrogen-bond acceptors (Lipinski definition) is 5. The van der Waals surface area contributed by atoms with Gasteiger partial charge in [-0.1, -0.05) is 0 Å². The van der Waals surface area contributed by atoms with Crippen LogP contribution >= 0.6 is 0 Å². The monoisotopic (exact) mass is 241 g/mol. The Morgan fingerprint density at radius 3 is 2.65 bits per heavy atom. The van der Waals surface area contributed by atoms with Gasteiger partial charge in [0.15, 0.2) is 0 Å². The molecule has 0 aliphatic carbocycles. The lowest BCUT2D eigenvalue weighted by Crippen LogP contribution is -2.27. The van der Waals surface area contributed by atoms with Crippen LogP contribution in [0.5, 0.6) is 0 Å². The Kier molecular flexibility index (Phi) is 4.22. The molecule has 6 nitrogen and oxygen atoms in total. The third-order valence-electron chi connectivity index (χ3n) is 2.45. The molecule has 96 valence electrons. The van der Waals surface area contributed by atoms with Crippen LogP contribution in [0.15, 0.2) is 0 Å². The number of carbonyl (C=O) groups is 1. The highest BCUT2D eigenvalue weighted by Crippen LogP contribution is 2.14. The lowest BCUT2D eigenvalue weighted by Gasteiger charge is -2.21. The summed E-state index contributed by atoms with van der Waals surface area (Å²) in [4.78, 5) is 15.6. The van der Waals surface area contributed by atoms with Gasteiger partial charge in [-0.3, -0.25) is 4.68 Å². The highest BCUT2D eigenvalue weighted by Gasteiger charge is 2.23. The summed E-state index contributed by atoms with van der Waals surface area (Å²) in [6.45, 7) is 5.96. The Morgan fingerprint density at radius 1 is 1.47 bits per heavy atom. The van der Waals surface area contributed by atoms with Crippen LogP contribution < -0.4 is 0 Å². The molecule has 1 heterocycles. The van der Waals surface area contributed by atoms with Gasteiger partial charge in [0.25, 0.3) is 5.82 Å². The molecule has 0 bridgehead atoms. The van der Waals surface area contributed by atoms with Crippen molar-refractivity contribution in [2.24, 2.45) is 7.05 Å². The summed E-state index contributed by atoms with van der Waals surface area (Å²) in [6, 6.07) is 0. The van der Waals surface area contributed by atoms with Crippen molar-refractivity contribution in [3.05, 3.63) is 11.6 Å². The average Bonchev–Trinajstić information content (AvgIpc) is 2.60. The molecule has 0 atom stereocenters. The molecule has 0 spiro atoms. The van der Waals surface area contributed by atoms with Crippen LogP contribution in [0.4, 0.5) is 0 Å². The maximum atomic E-state index is 11.5. The molecule has 0 aliphatic rings. The number of methoxy groups -OCH3 is 1. The summed E-state index contributed by atoms with van der Waals surface area (Å²) in [5, 5.41) is 4.02. The predicted octanol–water partition coefficient (Wildman–Crippen LogP) is 0.959. The van der Waals surface area contributed by atoms with Crippen LogP contribution in [0.2, 0.25) is 0 Å². The molecular weight excluding hydrogens is 222 g/mol. The van der Waals surface area contributed by atoms with Crippen LogP contribution in [0.3, 0.4) is 0 Å². The molecule has 0 fully saturated rings. The van der Waals surface area contributed by atoms with E-state index in [0.717, 1.165) is 0 Å². The van der Waals surface area contributed by atoms with Gasteiger partial charge in [0.2, 0.25) is 0 Å². The first kappa shape index (κ1) is 13.6. The van der Waals surface area contributed by atoms with Crippen molar-refractivity contribution >= 4 is 5.97 Å². The largest absolute Gasteiger partial charge is 0.460 e. The molecule has 0 aliphatic heterocycles. The van der Waals surface area contributed by atoms with E-state index in [2.05, 4.69) is 10.1 Å². The quantitative estimate of drug-likeness (QED) is 0.718. The minimum absolute atomic E-state index is 0.0938. The first-order valence-electron chi connectivity index (χ1n) is 5.52. The average molecular weight is 241 g/mol. The molecule has 1 aromatic heterocycles. The number of rotatable bonds is 5. The number of ether oxygens (including phenoxy) is 2. The van der Waals surface area contributed by atoms with Crippen molar-refractivity contribution in [2.75, 3.05) is 13.7 Å². The van der Waals surface area contributed by atoms with E-state index in [1.807, 2.05) is 13.8 Å². The van der Waals surface area contributed by atoms with E-state index >= 15 is 0 Å². The lowest BCUT2D eigenvalue weighted by atomic mass is 10.1. The predicted molar refractivity (Wildman–Crippen MR) is 61.8 cm³/mol. The zero-order chi connectivity index (χ0) is 13.1. The highest BCUT2D eigenvalue weighted by atomic mass is 16.5. The van der Waals surface area contributed by atoms with Gasteiger partial charge >= 0.3 is 5.97 Å². The second-order valence-electron chi connectivity index (χ2n) is 4.34. The van der Waals surface area contributed by atoms with Gasteiger partial charge in [-0.25, -0.2) is 9.78 Å². The fraction of sp³-hybridized carbons (Fsp3) is 0.727. The first-order valence-corrected chi connectivity index (χ1v) is 5.52.